The van der Waals surface area contributed by atoms with Gasteiger partial charge in [-0.3, -0.25) is 9.59 Å². The Morgan fingerprint density at radius 1 is 0.621 bits per heavy atom. The Bertz CT molecular complexity index is 1780. The molecule has 0 spiro atoms. The maximum absolute atomic E-state index is 13.0. The lowest BCUT2D eigenvalue weighted by atomic mass is 9.88. The largest absolute Gasteiger partial charge is 0.458 e. The number of aromatic nitrogens is 2. The molecule has 0 fully saturated rings. The first-order chi connectivity index (χ1) is 27.3. The molecule has 2 amide bonds. The fraction of sp³-hybridized carbons (Fsp3) is 0.574. The molecule has 0 saturated heterocycles. The van der Waals surface area contributed by atoms with Crippen LogP contribution in [0.3, 0.4) is 0 Å². The number of unbranched alkanes of at least 4 members (excludes halogenated alkanes) is 4. The Labute approximate surface area is 346 Å². The molecule has 2 heterocycles. The molecular formula is C47H71N5O6. The number of esters is 2. The van der Waals surface area contributed by atoms with Crippen molar-refractivity contribution >= 4 is 45.6 Å². The zero-order chi connectivity index (χ0) is 43.2. The molecule has 2 aromatic carbocycles. The molecule has 6 N–H and O–H groups in total. The number of hydrogen-bond acceptors (Lipinski definition) is 7. The summed E-state index contributed by atoms with van der Waals surface area (Å²) in [6.07, 6.45) is 10.9. The number of para-hydroxylation sites is 2. The lowest BCUT2D eigenvalue weighted by Crippen LogP contribution is -2.51. The average Bonchev–Trinajstić information content (AvgIpc) is 3.80. The Morgan fingerprint density at radius 3 is 1.43 bits per heavy atom. The zero-order valence-electron chi connectivity index (χ0n) is 36.9. The molecule has 2 aromatic heterocycles. The van der Waals surface area contributed by atoms with Crippen molar-refractivity contribution in [1.29, 1.82) is 0 Å². The third-order valence-corrected chi connectivity index (χ3v) is 10.4. The molecule has 0 radical (unpaired) electrons. The van der Waals surface area contributed by atoms with E-state index in [1.54, 1.807) is 0 Å². The predicted octanol–water partition coefficient (Wildman–Crippen LogP) is 9.32. The van der Waals surface area contributed by atoms with Gasteiger partial charge >= 0.3 is 11.9 Å². The van der Waals surface area contributed by atoms with Crippen LogP contribution in [-0.4, -0.2) is 63.0 Å². The van der Waals surface area contributed by atoms with Gasteiger partial charge in [0.15, 0.2) is 0 Å². The van der Waals surface area contributed by atoms with Crippen LogP contribution in [-0.2, 0) is 28.7 Å². The minimum Gasteiger partial charge on any atom is -0.458 e. The second kappa shape index (κ2) is 21.9. The molecule has 11 nitrogen and oxygen atoms in total. The summed E-state index contributed by atoms with van der Waals surface area (Å²) >= 11 is 0. The second-order valence-corrected chi connectivity index (χ2v) is 17.7. The van der Waals surface area contributed by atoms with Gasteiger partial charge in [0.05, 0.1) is 6.04 Å². The molecule has 320 valence electrons. The SMILES string of the molecule is CCCCCC(NC(=O)C(C)[C@@H](C)c1c[nH]c2ccccc12)C(=O)OC(C)(C)C.CCCCCC(NC(=O)C(N)[C@@H](C)c1c[nH]c2ccccc12)C(=O)OC(C)(C)C. The fourth-order valence-corrected chi connectivity index (χ4v) is 6.87. The van der Waals surface area contributed by atoms with Gasteiger partial charge in [-0.25, -0.2) is 9.59 Å². The topological polar surface area (TPSA) is 168 Å². The standard InChI is InChI=1S/C24H36N2O3.C23H35N3O3/c1-7-8-9-14-21(23(28)29-24(4,5)6)26-22(27)17(3)16(2)19-15-25-20-13-11-10-12-18(19)20;1-6-7-8-13-19(22(28)29-23(3,4)5)26-21(27)20(24)15(2)17-14-25-18-12-10-9-11-16(17)18/h10-13,15-17,21,25H,7-9,14H2,1-6H3,(H,26,27);9-12,14-15,19-20,25H,6-8,13,24H2,1-5H3,(H,26,27)/t16-,17?,21?;15-,19?,20?/m10/s1. The molecule has 0 aliphatic heterocycles. The lowest BCUT2D eigenvalue weighted by molar-refractivity contribution is -0.159. The molecule has 0 aliphatic carbocycles. The number of nitrogens with one attached hydrogen (secondary N) is 4. The minimum atomic E-state index is -0.773. The normalized spacial score (nSPS) is 15.0. The molecule has 11 heteroatoms. The molecule has 0 saturated carbocycles. The lowest BCUT2D eigenvalue weighted by Gasteiger charge is -2.26. The van der Waals surface area contributed by atoms with E-state index in [1.165, 1.54) is 0 Å². The number of carbonyl (C=O) groups is 4. The van der Waals surface area contributed by atoms with Gasteiger partial charge in [0, 0.05) is 46.0 Å². The molecular weight excluding hydrogens is 731 g/mol. The summed E-state index contributed by atoms with van der Waals surface area (Å²) in [6, 6.07) is 13.9. The Kier molecular flexibility index (Phi) is 18.0. The Hall–Kier alpha value is -4.64. The van der Waals surface area contributed by atoms with E-state index in [4.69, 9.17) is 15.2 Å². The number of aromatic amines is 2. The van der Waals surface area contributed by atoms with Gasteiger partial charge in [-0.05, 0) is 83.6 Å². The number of fused-ring (bicyclic) bond motifs is 2. The van der Waals surface area contributed by atoms with Crippen LogP contribution in [0.25, 0.3) is 21.8 Å². The third-order valence-electron chi connectivity index (χ3n) is 10.4. The summed E-state index contributed by atoms with van der Waals surface area (Å²) in [5, 5.41) is 7.99. The number of nitrogens with two attached hydrogens (primary N) is 1. The van der Waals surface area contributed by atoms with Gasteiger partial charge < -0.3 is 35.8 Å². The van der Waals surface area contributed by atoms with Crippen molar-refractivity contribution in [3.8, 4) is 0 Å². The number of rotatable bonds is 18. The van der Waals surface area contributed by atoms with Crippen molar-refractivity contribution in [1.82, 2.24) is 20.6 Å². The van der Waals surface area contributed by atoms with Crippen molar-refractivity contribution < 1.29 is 28.7 Å². The van der Waals surface area contributed by atoms with Crippen LogP contribution < -0.4 is 16.4 Å². The zero-order valence-corrected chi connectivity index (χ0v) is 36.9. The van der Waals surface area contributed by atoms with E-state index in [1.807, 2.05) is 110 Å². The van der Waals surface area contributed by atoms with Crippen LogP contribution >= 0.6 is 0 Å². The van der Waals surface area contributed by atoms with E-state index >= 15 is 0 Å². The van der Waals surface area contributed by atoms with Crippen LogP contribution in [0, 0.1) is 5.92 Å². The predicted molar refractivity (Wildman–Crippen MR) is 234 cm³/mol. The number of ether oxygens (including phenoxy) is 2. The van der Waals surface area contributed by atoms with Crippen LogP contribution in [0.5, 0.6) is 0 Å². The Balaban J connectivity index is 0.000000310. The Morgan fingerprint density at radius 2 is 1.02 bits per heavy atom. The highest BCUT2D eigenvalue weighted by molar-refractivity contribution is 5.90. The highest BCUT2D eigenvalue weighted by Crippen LogP contribution is 2.31. The number of H-pyrrole nitrogens is 2. The summed E-state index contributed by atoms with van der Waals surface area (Å²) < 4.78 is 11.0. The van der Waals surface area contributed by atoms with Crippen molar-refractivity contribution in [3.63, 3.8) is 0 Å². The molecule has 0 bridgehead atoms. The van der Waals surface area contributed by atoms with E-state index in [9.17, 15) is 19.2 Å². The first-order valence-corrected chi connectivity index (χ1v) is 21.2. The smallest absolute Gasteiger partial charge is 0.329 e. The van der Waals surface area contributed by atoms with Gasteiger partial charge in [-0.15, -0.1) is 0 Å². The number of carbonyl (C=O) groups excluding carboxylic acids is 4. The highest BCUT2D eigenvalue weighted by atomic mass is 16.6. The summed E-state index contributed by atoms with van der Waals surface area (Å²) in [5.74, 6) is -1.68. The summed E-state index contributed by atoms with van der Waals surface area (Å²) in [4.78, 5) is 57.6. The quantitative estimate of drug-likeness (QED) is 0.0494. The fourth-order valence-electron chi connectivity index (χ4n) is 6.87. The average molecular weight is 802 g/mol. The third kappa shape index (κ3) is 14.3. The molecule has 58 heavy (non-hydrogen) atoms. The molecule has 4 rings (SSSR count). The van der Waals surface area contributed by atoms with Gasteiger partial charge in [0.2, 0.25) is 11.8 Å². The van der Waals surface area contributed by atoms with Crippen LogP contribution in [0.4, 0.5) is 0 Å². The van der Waals surface area contributed by atoms with Crippen molar-refractivity contribution in [2.24, 2.45) is 11.7 Å². The molecule has 6 atom stereocenters. The van der Waals surface area contributed by atoms with Crippen LogP contribution in [0.2, 0.25) is 0 Å². The van der Waals surface area contributed by atoms with Gasteiger partial charge in [-0.1, -0.05) is 110 Å². The van der Waals surface area contributed by atoms with Gasteiger partial charge in [0.25, 0.3) is 0 Å². The monoisotopic (exact) mass is 802 g/mol. The van der Waals surface area contributed by atoms with E-state index in [2.05, 4.69) is 47.4 Å². The van der Waals surface area contributed by atoms with Gasteiger partial charge in [0.1, 0.15) is 23.3 Å². The van der Waals surface area contributed by atoms with Crippen LogP contribution in [0.15, 0.2) is 60.9 Å². The molecule has 4 aromatic rings. The minimum absolute atomic E-state index is 0.0149. The highest BCUT2D eigenvalue weighted by Gasteiger charge is 2.32. The van der Waals surface area contributed by atoms with Crippen LogP contribution in [0.1, 0.15) is 150 Å². The first-order valence-electron chi connectivity index (χ1n) is 21.2. The van der Waals surface area contributed by atoms with E-state index < -0.39 is 35.3 Å². The number of amides is 2. The van der Waals surface area contributed by atoms with Gasteiger partial charge in [-0.2, -0.15) is 0 Å². The van der Waals surface area contributed by atoms with Crippen molar-refractivity contribution in [2.45, 2.75) is 169 Å². The van der Waals surface area contributed by atoms with Crippen molar-refractivity contribution in [2.75, 3.05) is 0 Å². The maximum atomic E-state index is 13.0. The number of hydrogen-bond donors (Lipinski definition) is 5. The summed E-state index contributed by atoms with van der Waals surface area (Å²) in [7, 11) is 0. The van der Waals surface area contributed by atoms with Crippen molar-refractivity contribution in [3.05, 3.63) is 72.1 Å². The first kappa shape index (κ1) is 47.7. The van der Waals surface area contributed by atoms with E-state index in [0.717, 1.165) is 71.5 Å². The molecule has 0 aliphatic rings. The maximum Gasteiger partial charge on any atom is 0.329 e. The number of benzene rings is 2. The summed E-state index contributed by atoms with van der Waals surface area (Å²) in [6.45, 7) is 21.1. The van der Waals surface area contributed by atoms with E-state index in [-0.39, 0.29) is 35.5 Å². The molecule has 4 unspecified atom stereocenters. The van der Waals surface area contributed by atoms with E-state index in [0.29, 0.717) is 12.8 Å². The summed E-state index contributed by atoms with van der Waals surface area (Å²) in [5.41, 5.74) is 9.29. The second-order valence-electron chi connectivity index (χ2n) is 17.7.